The molecule has 1 atom stereocenters. The summed E-state index contributed by atoms with van der Waals surface area (Å²) in [5.41, 5.74) is 4.57. The molecular weight excluding hydrogens is 438 g/mol. The zero-order valence-electron chi connectivity index (χ0n) is 20.7. The third-order valence-electron chi connectivity index (χ3n) is 5.02. The van der Waals surface area contributed by atoms with Crippen molar-refractivity contribution in [3.05, 3.63) is 35.9 Å². The third-order valence-corrected chi connectivity index (χ3v) is 5.02. The van der Waals surface area contributed by atoms with E-state index in [-0.39, 0.29) is 19.6 Å². The SMILES string of the molecule is CC(C)(C)OC(=O)[C@](N)(CCCCNC(=O)OCc1ccccc1)C(=O)NCCCCCCO. The predicted molar refractivity (Wildman–Crippen MR) is 130 cm³/mol. The van der Waals surface area contributed by atoms with Gasteiger partial charge in [-0.05, 0) is 58.4 Å². The molecule has 0 fully saturated rings. The maximum atomic E-state index is 12.8. The van der Waals surface area contributed by atoms with E-state index in [0.29, 0.717) is 25.9 Å². The fraction of sp³-hybridized carbons (Fsp3) is 0.640. The average molecular weight is 480 g/mol. The maximum absolute atomic E-state index is 12.8. The highest BCUT2D eigenvalue weighted by molar-refractivity contribution is 6.07. The van der Waals surface area contributed by atoms with Crippen LogP contribution in [0.25, 0.3) is 0 Å². The number of nitrogens with one attached hydrogen (secondary N) is 2. The van der Waals surface area contributed by atoms with Gasteiger partial charge in [0.1, 0.15) is 12.2 Å². The molecule has 0 aliphatic carbocycles. The summed E-state index contributed by atoms with van der Waals surface area (Å²) in [6.45, 7) is 6.19. The number of carbonyl (C=O) groups is 3. The average Bonchev–Trinajstić information content (AvgIpc) is 2.79. The lowest BCUT2D eigenvalue weighted by molar-refractivity contribution is -0.164. The minimum absolute atomic E-state index is 0.0823. The van der Waals surface area contributed by atoms with E-state index in [2.05, 4.69) is 10.6 Å². The first kappa shape index (κ1) is 29.4. The minimum atomic E-state index is -1.81. The summed E-state index contributed by atoms with van der Waals surface area (Å²) in [6.07, 6.45) is 3.66. The first-order chi connectivity index (χ1) is 16.1. The molecular formula is C25H41N3O6. The van der Waals surface area contributed by atoms with Crippen LogP contribution in [0.1, 0.15) is 71.3 Å². The topological polar surface area (TPSA) is 140 Å². The second-order valence-electron chi connectivity index (χ2n) is 9.31. The minimum Gasteiger partial charge on any atom is -0.458 e. The van der Waals surface area contributed by atoms with E-state index in [4.69, 9.17) is 20.3 Å². The van der Waals surface area contributed by atoms with E-state index in [1.54, 1.807) is 20.8 Å². The number of benzene rings is 1. The van der Waals surface area contributed by atoms with Gasteiger partial charge in [0.15, 0.2) is 5.54 Å². The summed E-state index contributed by atoms with van der Waals surface area (Å²) in [4.78, 5) is 37.4. The largest absolute Gasteiger partial charge is 0.458 e. The van der Waals surface area contributed by atoms with Gasteiger partial charge in [-0.2, -0.15) is 0 Å². The molecule has 0 spiro atoms. The van der Waals surface area contributed by atoms with Gasteiger partial charge in [0.25, 0.3) is 5.91 Å². The molecule has 5 N–H and O–H groups in total. The van der Waals surface area contributed by atoms with Crippen LogP contribution in [0, 0.1) is 0 Å². The van der Waals surface area contributed by atoms with Crippen LogP contribution in [0.3, 0.4) is 0 Å². The van der Waals surface area contributed by atoms with Crippen LogP contribution in [0.2, 0.25) is 0 Å². The molecule has 2 amide bonds. The van der Waals surface area contributed by atoms with E-state index in [0.717, 1.165) is 31.2 Å². The van der Waals surface area contributed by atoms with Gasteiger partial charge in [-0.25, -0.2) is 9.59 Å². The lowest BCUT2D eigenvalue weighted by Gasteiger charge is -2.30. The van der Waals surface area contributed by atoms with Crippen molar-refractivity contribution < 1.29 is 29.0 Å². The molecule has 192 valence electrons. The van der Waals surface area contributed by atoms with Crippen molar-refractivity contribution in [2.24, 2.45) is 5.73 Å². The molecule has 1 aromatic rings. The fourth-order valence-electron chi connectivity index (χ4n) is 3.12. The van der Waals surface area contributed by atoms with Gasteiger partial charge in [-0.15, -0.1) is 0 Å². The van der Waals surface area contributed by atoms with E-state index < -0.39 is 29.1 Å². The van der Waals surface area contributed by atoms with Crippen molar-refractivity contribution in [3.63, 3.8) is 0 Å². The molecule has 1 rings (SSSR count). The smallest absolute Gasteiger partial charge is 0.407 e. The number of amides is 2. The first-order valence-corrected chi connectivity index (χ1v) is 11.9. The molecule has 0 aliphatic rings. The number of alkyl carbamates (subject to hydrolysis) is 1. The Morgan fingerprint density at radius 2 is 1.53 bits per heavy atom. The molecule has 34 heavy (non-hydrogen) atoms. The van der Waals surface area contributed by atoms with Gasteiger partial charge in [0.05, 0.1) is 0 Å². The fourth-order valence-corrected chi connectivity index (χ4v) is 3.12. The molecule has 0 saturated heterocycles. The van der Waals surface area contributed by atoms with Crippen LogP contribution >= 0.6 is 0 Å². The summed E-state index contributed by atoms with van der Waals surface area (Å²) >= 11 is 0. The van der Waals surface area contributed by atoms with Gasteiger partial charge in [0, 0.05) is 19.7 Å². The number of unbranched alkanes of at least 4 members (excludes halogenated alkanes) is 4. The zero-order valence-corrected chi connectivity index (χ0v) is 20.7. The zero-order chi connectivity index (χ0) is 25.5. The molecule has 9 heteroatoms. The normalized spacial score (nSPS) is 13.0. The van der Waals surface area contributed by atoms with Gasteiger partial charge in [0.2, 0.25) is 0 Å². The van der Waals surface area contributed by atoms with Crippen molar-refractivity contribution in [3.8, 4) is 0 Å². The molecule has 9 nitrogen and oxygen atoms in total. The van der Waals surface area contributed by atoms with Gasteiger partial charge >= 0.3 is 12.1 Å². The van der Waals surface area contributed by atoms with Gasteiger partial charge < -0.3 is 30.9 Å². The lowest BCUT2D eigenvalue weighted by Crippen LogP contribution is -2.61. The van der Waals surface area contributed by atoms with Crippen LogP contribution in [-0.4, -0.2) is 53.9 Å². The van der Waals surface area contributed by atoms with E-state index in [9.17, 15) is 14.4 Å². The number of aliphatic hydroxyl groups excluding tert-OH is 1. The van der Waals surface area contributed by atoms with Crippen LogP contribution < -0.4 is 16.4 Å². The number of carbonyl (C=O) groups excluding carboxylic acids is 3. The highest BCUT2D eigenvalue weighted by Crippen LogP contribution is 2.19. The second kappa shape index (κ2) is 15.3. The van der Waals surface area contributed by atoms with Crippen LogP contribution in [0.5, 0.6) is 0 Å². The number of ether oxygens (including phenoxy) is 2. The molecule has 0 aromatic heterocycles. The Hall–Kier alpha value is -2.65. The van der Waals surface area contributed by atoms with Crippen LogP contribution in [-0.2, 0) is 25.7 Å². The Morgan fingerprint density at radius 3 is 2.18 bits per heavy atom. The quantitative estimate of drug-likeness (QED) is 0.172. The van der Waals surface area contributed by atoms with Crippen molar-refractivity contribution in [2.45, 2.75) is 83.5 Å². The molecule has 0 aliphatic heterocycles. The van der Waals surface area contributed by atoms with Gasteiger partial charge in [-0.1, -0.05) is 43.2 Å². The Labute approximate surface area is 202 Å². The molecule has 0 radical (unpaired) electrons. The van der Waals surface area contributed by atoms with Crippen LogP contribution in [0.15, 0.2) is 30.3 Å². The summed E-state index contributed by atoms with van der Waals surface area (Å²) in [7, 11) is 0. The van der Waals surface area contributed by atoms with Crippen molar-refractivity contribution in [1.82, 2.24) is 10.6 Å². The van der Waals surface area contributed by atoms with Crippen molar-refractivity contribution in [1.29, 1.82) is 0 Å². The number of hydrogen-bond donors (Lipinski definition) is 4. The Morgan fingerprint density at radius 1 is 0.912 bits per heavy atom. The van der Waals surface area contributed by atoms with E-state index in [1.165, 1.54) is 0 Å². The third kappa shape index (κ3) is 12.0. The Balaban J connectivity index is 2.48. The van der Waals surface area contributed by atoms with Gasteiger partial charge in [-0.3, -0.25) is 4.79 Å². The lowest BCUT2D eigenvalue weighted by atomic mass is 9.92. The maximum Gasteiger partial charge on any atom is 0.407 e. The number of aliphatic hydroxyl groups is 1. The Kier molecular flexibility index (Phi) is 13.2. The monoisotopic (exact) mass is 479 g/mol. The summed E-state index contributed by atoms with van der Waals surface area (Å²) in [5, 5.41) is 14.2. The highest BCUT2D eigenvalue weighted by atomic mass is 16.6. The molecule has 0 saturated carbocycles. The summed E-state index contributed by atoms with van der Waals surface area (Å²) in [5.74, 6) is -1.34. The number of nitrogens with two attached hydrogens (primary N) is 1. The van der Waals surface area contributed by atoms with E-state index in [1.807, 2.05) is 30.3 Å². The molecule has 0 heterocycles. The number of rotatable bonds is 15. The predicted octanol–water partition coefficient (Wildman–Crippen LogP) is 2.79. The number of esters is 1. The second-order valence-corrected chi connectivity index (χ2v) is 9.31. The van der Waals surface area contributed by atoms with Crippen molar-refractivity contribution >= 4 is 18.0 Å². The Bertz CT molecular complexity index is 751. The summed E-state index contributed by atoms with van der Waals surface area (Å²) in [6, 6.07) is 9.36. The molecule has 0 unspecified atom stereocenters. The standard InChI is InChI=1S/C25H41N3O6/c1-24(2,3)34-22(31)25(26,21(30)27-16-10-4-5-12-18-29)15-9-11-17-28-23(32)33-19-20-13-7-6-8-14-20/h6-8,13-14,29H,4-5,9-12,15-19,26H2,1-3H3,(H,27,30)(H,28,32)/t25-/m0/s1. The molecule has 0 bridgehead atoms. The summed E-state index contributed by atoms with van der Waals surface area (Å²) < 4.78 is 10.6. The number of hydrogen-bond acceptors (Lipinski definition) is 7. The van der Waals surface area contributed by atoms with E-state index >= 15 is 0 Å². The molecule has 1 aromatic carbocycles. The van der Waals surface area contributed by atoms with Crippen LogP contribution in [0.4, 0.5) is 4.79 Å². The first-order valence-electron chi connectivity index (χ1n) is 11.9. The van der Waals surface area contributed by atoms with Crippen molar-refractivity contribution in [2.75, 3.05) is 19.7 Å². The highest BCUT2D eigenvalue weighted by Gasteiger charge is 2.44.